The van der Waals surface area contributed by atoms with Crippen LogP contribution in [0.15, 0.2) is 22.7 Å². The monoisotopic (exact) mass is 295 g/mol. The lowest BCUT2D eigenvalue weighted by Crippen LogP contribution is -2.13. The van der Waals surface area contributed by atoms with Gasteiger partial charge in [-0.15, -0.1) is 0 Å². The molecule has 1 aromatic carbocycles. The number of hydrogen-bond acceptors (Lipinski definition) is 1. The molecule has 1 aliphatic rings. The molecule has 0 bridgehead atoms. The smallest absolute Gasteiger partial charge is 0.0297 e. The minimum Gasteiger partial charge on any atom is -0.324 e. The molecule has 2 N–H and O–H groups in total. The largest absolute Gasteiger partial charge is 0.324 e. The Labute approximate surface area is 113 Å². The van der Waals surface area contributed by atoms with Gasteiger partial charge in [0, 0.05) is 10.5 Å². The van der Waals surface area contributed by atoms with E-state index in [0.29, 0.717) is 0 Å². The molecule has 2 rings (SSSR count). The molecule has 1 atom stereocenters. The molecule has 0 saturated heterocycles. The summed E-state index contributed by atoms with van der Waals surface area (Å²) in [6.07, 6.45) is 8.12. The van der Waals surface area contributed by atoms with E-state index < -0.39 is 0 Å². The summed E-state index contributed by atoms with van der Waals surface area (Å²) in [5.74, 6) is 0.938. The Morgan fingerprint density at radius 1 is 1.35 bits per heavy atom. The molecule has 17 heavy (non-hydrogen) atoms. The average molecular weight is 296 g/mol. The first kappa shape index (κ1) is 13.1. The predicted octanol–water partition coefficient (Wildman–Crippen LogP) is 4.73. The molecule has 1 nitrogen and oxygen atoms in total. The molecule has 2 heteroatoms. The van der Waals surface area contributed by atoms with Gasteiger partial charge < -0.3 is 5.73 Å². The third-order valence-electron chi connectivity index (χ3n) is 4.07. The lowest BCUT2D eigenvalue weighted by molar-refractivity contribution is 0.453. The van der Waals surface area contributed by atoms with Crippen LogP contribution in [0, 0.1) is 12.8 Å². The Hall–Kier alpha value is -0.340. The van der Waals surface area contributed by atoms with Crippen LogP contribution < -0.4 is 5.73 Å². The third kappa shape index (κ3) is 3.32. The van der Waals surface area contributed by atoms with Crippen molar-refractivity contribution in [2.75, 3.05) is 0 Å². The average Bonchev–Trinajstić information content (AvgIpc) is 2.82. The van der Waals surface area contributed by atoms with E-state index in [1.807, 2.05) is 0 Å². The van der Waals surface area contributed by atoms with Gasteiger partial charge in [0.2, 0.25) is 0 Å². The van der Waals surface area contributed by atoms with Crippen LogP contribution in [0.1, 0.15) is 55.7 Å². The van der Waals surface area contributed by atoms with E-state index in [4.69, 9.17) is 5.73 Å². The van der Waals surface area contributed by atoms with Gasteiger partial charge in [0.1, 0.15) is 0 Å². The van der Waals surface area contributed by atoms with E-state index >= 15 is 0 Å². The Balaban J connectivity index is 1.94. The number of benzene rings is 1. The summed E-state index contributed by atoms with van der Waals surface area (Å²) in [6, 6.07) is 6.54. The predicted molar refractivity (Wildman–Crippen MR) is 77.0 cm³/mol. The van der Waals surface area contributed by atoms with Crippen LogP contribution in [0.4, 0.5) is 0 Å². The van der Waals surface area contributed by atoms with Crippen LogP contribution in [0.25, 0.3) is 0 Å². The standard InChI is InChI=1S/C15H22BrN/c1-11-13(7-4-8-14(11)16)15(17)10-9-12-5-2-3-6-12/h4,7-8,12,15H,2-3,5-6,9-10,17H2,1H3. The summed E-state index contributed by atoms with van der Waals surface area (Å²) < 4.78 is 1.17. The molecule has 1 aliphatic carbocycles. The van der Waals surface area contributed by atoms with E-state index in [-0.39, 0.29) is 6.04 Å². The minimum atomic E-state index is 0.202. The van der Waals surface area contributed by atoms with Crippen molar-refractivity contribution in [3.8, 4) is 0 Å². The number of nitrogens with two attached hydrogens (primary N) is 1. The van der Waals surface area contributed by atoms with Gasteiger partial charge in [-0.2, -0.15) is 0 Å². The molecule has 0 aromatic heterocycles. The SMILES string of the molecule is Cc1c(Br)cccc1C(N)CCC1CCCC1. The fraction of sp³-hybridized carbons (Fsp3) is 0.600. The fourth-order valence-electron chi connectivity index (χ4n) is 2.90. The zero-order valence-electron chi connectivity index (χ0n) is 10.6. The van der Waals surface area contributed by atoms with Gasteiger partial charge in [-0.05, 0) is 42.9 Å². The Morgan fingerprint density at radius 2 is 2.06 bits per heavy atom. The van der Waals surface area contributed by atoms with Gasteiger partial charge >= 0.3 is 0 Å². The first-order valence-corrected chi connectivity index (χ1v) is 7.48. The maximum absolute atomic E-state index is 6.32. The summed E-state index contributed by atoms with van der Waals surface area (Å²) in [5, 5.41) is 0. The van der Waals surface area contributed by atoms with Crippen molar-refractivity contribution in [1.29, 1.82) is 0 Å². The van der Waals surface area contributed by atoms with Crippen molar-refractivity contribution in [3.05, 3.63) is 33.8 Å². The summed E-state index contributed by atoms with van der Waals surface area (Å²) in [5.41, 5.74) is 8.92. The highest BCUT2D eigenvalue weighted by Gasteiger charge is 2.17. The summed E-state index contributed by atoms with van der Waals surface area (Å²) in [7, 11) is 0. The summed E-state index contributed by atoms with van der Waals surface area (Å²) in [6.45, 7) is 2.15. The van der Waals surface area contributed by atoms with Gasteiger partial charge in [-0.3, -0.25) is 0 Å². The molecular weight excluding hydrogens is 274 g/mol. The highest BCUT2D eigenvalue weighted by molar-refractivity contribution is 9.10. The molecule has 0 radical (unpaired) electrons. The first-order valence-electron chi connectivity index (χ1n) is 6.69. The third-order valence-corrected chi connectivity index (χ3v) is 4.93. The first-order chi connectivity index (χ1) is 8.18. The molecule has 1 aromatic rings. The molecule has 1 saturated carbocycles. The maximum atomic E-state index is 6.32. The van der Waals surface area contributed by atoms with Gasteiger partial charge in [0.05, 0.1) is 0 Å². The van der Waals surface area contributed by atoms with E-state index in [1.165, 1.54) is 47.7 Å². The molecule has 94 valence electrons. The lowest BCUT2D eigenvalue weighted by atomic mass is 9.93. The molecular formula is C15H22BrN. The second-order valence-corrected chi connectivity index (χ2v) is 6.14. The minimum absolute atomic E-state index is 0.202. The van der Waals surface area contributed by atoms with Crippen molar-refractivity contribution in [1.82, 2.24) is 0 Å². The molecule has 0 heterocycles. The summed E-state index contributed by atoms with van der Waals surface area (Å²) in [4.78, 5) is 0. The van der Waals surface area contributed by atoms with Gasteiger partial charge in [-0.25, -0.2) is 0 Å². The fourth-order valence-corrected chi connectivity index (χ4v) is 3.28. The van der Waals surface area contributed by atoms with Crippen LogP contribution >= 0.6 is 15.9 Å². The van der Waals surface area contributed by atoms with Crippen molar-refractivity contribution < 1.29 is 0 Å². The second-order valence-electron chi connectivity index (χ2n) is 5.29. The Morgan fingerprint density at radius 3 is 2.76 bits per heavy atom. The Bertz CT molecular complexity index is 369. The number of hydrogen-bond donors (Lipinski definition) is 1. The lowest BCUT2D eigenvalue weighted by Gasteiger charge is -2.17. The van der Waals surface area contributed by atoms with E-state index in [1.54, 1.807) is 0 Å². The van der Waals surface area contributed by atoms with Gasteiger partial charge in [-0.1, -0.05) is 53.7 Å². The normalized spacial score (nSPS) is 18.5. The van der Waals surface area contributed by atoms with Gasteiger partial charge in [0.25, 0.3) is 0 Å². The van der Waals surface area contributed by atoms with Crippen molar-refractivity contribution in [3.63, 3.8) is 0 Å². The second kappa shape index (κ2) is 6.01. The van der Waals surface area contributed by atoms with Crippen LogP contribution in [-0.4, -0.2) is 0 Å². The number of halogens is 1. The Kier molecular flexibility index (Phi) is 4.63. The zero-order chi connectivity index (χ0) is 12.3. The molecule has 0 spiro atoms. The maximum Gasteiger partial charge on any atom is 0.0297 e. The molecule has 0 aliphatic heterocycles. The quantitative estimate of drug-likeness (QED) is 0.854. The topological polar surface area (TPSA) is 26.0 Å². The molecule has 0 amide bonds. The van der Waals surface area contributed by atoms with E-state index in [9.17, 15) is 0 Å². The van der Waals surface area contributed by atoms with Gasteiger partial charge in [0.15, 0.2) is 0 Å². The molecule has 1 fully saturated rings. The number of rotatable bonds is 4. The van der Waals surface area contributed by atoms with Crippen LogP contribution in [0.2, 0.25) is 0 Å². The van der Waals surface area contributed by atoms with Crippen LogP contribution in [0.3, 0.4) is 0 Å². The van der Waals surface area contributed by atoms with Crippen molar-refractivity contribution >= 4 is 15.9 Å². The van der Waals surface area contributed by atoms with E-state index in [2.05, 4.69) is 41.1 Å². The summed E-state index contributed by atoms with van der Waals surface area (Å²) >= 11 is 3.58. The van der Waals surface area contributed by atoms with E-state index in [0.717, 1.165) is 12.3 Å². The van der Waals surface area contributed by atoms with Crippen molar-refractivity contribution in [2.24, 2.45) is 11.7 Å². The zero-order valence-corrected chi connectivity index (χ0v) is 12.2. The highest BCUT2D eigenvalue weighted by Crippen LogP contribution is 2.32. The van der Waals surface area contributed by atoms with Crippen molar-refractivity contribution in [2.45, 2.75) is 51.5 Å². The van der Waals surface area contributed by atoms with Crippen LogP contribution in [-0.2, 0) is 0 Å². The van der Waals surface area contributed by atoms with Crippen LogP contribution in [0.5, 0.6) is 0 Å². The highest BCUT2D eigenvalue weighted by atomic mass is 79.9. The molecule has 1 unspecified atom stereocenters.